The molecular weight excluding hydrogens is 332 g/mol. The van der Waals surface area contributed by atoms with Gasteiger partial charge in [-0.25, -0.2) is 4.98 Å². The third-order valence-corrected chi connectivity index (χ3v) is 6.37. The van der Waals surface area contributed by atoms with E-state index < -0.39 is 0 Å². The summed E-state index contributed by atoms with van der Waals surface area (Å²) in [5, 5.41) is 3.93. The van der Waals surface area contributed by atoms with Crippen LogP contribution in [0.1, 0.15) is 35.8 Å². The number of aromatic amines is 1. The molecule has 4 rings (SSSR count). The smallest absolute Gasteiger partial charge is 0.246 e. The molecule has 1 aromatic heterocycles. The van der Waals surface area contributed by atoms with Gasteiger partial charge in [-0.15, -0.1) is 11.8 Å². The van der Waals surface area contributed by atoms with Gasteiger partial charge in [0.15, 0.2) is 0 Å². The van der Waals surface area contributed by atoms with E-state index in [1.165, 1.54) is 10.5 Å². The Balaban J connectivity index is 1.35. The van der Waals surface area contributed by atoms with Gasteiger partial charge in [0.05, 0.1) is 12.0 Å². The van der Waals surface area contributed by atoms with E-state index in [9.17, 15) is 4.79 Å². The first-order valence-corrected chi connectivity index (χ1v) is 9.86. The Kier molecular flexibility index (Phi) is 4.81. The number of hydrogen-bond acceptors (Lipinski definition) is 4. The minimum atomic E-state index is -0.282. The zero-order valence-electron chi connectivity index (χ0n) is 14.5. The number of aryl methyl sites for hydroxylation is 1. The Morgan fingerprint density at radius 2 is 2.16 bits per heavy atom. The summed E-state index contributed by atoms with van der Waals surface area (Å²) in [5.74, 6) is 0.173. The second-order valence-electron chi connectivity index (χ2n) is 6.86. The SMILES string of the molecule is Cc1cccc(SC2CCN(C(=O)[C@H]3NCCc4[nH]cnc43)CC2)c1. The first-order valence-electron chi connectivity index (χ1n) is 8.98. The van der Waals surface area contributed by atoms with Crippen LogP contribution in [0.2, 0.25) is 0 Å². The van der Waals surface area contributed by atoms with Crippen LogP contribution in [-0.4, -0.2) is 45.7 Å². The standard InChI is InChI=1S/C19H24N4OS/c1-13-3-2-4-15(11-13)25-14-6-9-23(10-7-14)19(24)18-17-16(5-8-20-18)21-12-22-17/h2-4,11-12,14,18,20H,5-10H2,1H3,(H,21,22)/t18-/m0/s1. The van der Waals surface area contributed by atoms with E-state index in [1.54, 1.807) is 6.33 Å². The second-order valence-corrected chi connectivity index (χ2v) is 8.24. The molecule has 3 heterocycles. The van der Waals surface area contributed by atoms with Crippen molar-refractivity contribution in [1.82, 2.24) is 20.2 Å². The van der Waals surface area contributed by atoms with Crippen molar-refractivity contribution in [3.05, 3.63) is 47.5 Å². The van der Waals surface area contributed by atoms with Crippen molar-refractivity contribution >= 4 is 17.7 Å². The number of carbonyl (C=O) groups excluding carboxylic acids is 1. The summed E-state index contributed by atoms with van der Waals surface area (Å²) in [4.78, 5) is 23.8. The van der Waals surface area contributed by atoms with E-state index in [0.29, 0.717) is 5.25 Å². The van der Waals surface area contributed by atoms with E-state index in [4.69, 9.17) is 0 Å². The molecule has 0 radical (unpaired) electrons. The van der Waals surface area contributed by atoms with Gasteiger partial charge in [-0.2, -0.15) is 0 Å². The van der Waals surface area contributed by atoms with Crippen LogP contribution in [-0.2, 0) is 11.2 Å². The second kappa shape index (κ2) is 7.22. The number of H-pyrrole nitrogens is 1. The minimum absolute atomic E-state index is 0.173. The third-order valence-electron chi connectivity index (χ3n) is 5.04. The number of imidazole rings is 1. The summed E-state index contributed by atoms with van der Waals surface area (Å²) >= 11 is 1.95. The summed E-state index contributed by atoms with van der Waals surface area (Å²) in [6, 6.07) is 8.39. The number of thioether (sulfide) groups is 1. The Labute approximate surface area is 152 Å². The first-order chi connectivity index (χ1) is 12.2. The molecule has 0 aliphatic carbocycles. The van der Waals surface area contributed by atoms with Crippen molar-refractivity contribution in [3.8, 4) is 0 Å². The van der Waals surface area contributed by atoms with Crippen LogP contribution in [0.15, 0.2) is 35.5 Å². The van der Waals surface area contributed by atoms with Crippen LogP contribution < -0.4 is 5.32 Å². The molecule has 1 fully saturated rings. The Bertz CT molecular complexity index is 751. The predicted octanol–water partition coefficient (Wildman–Crippen LogP) is 2.69. The van der Waals surface area contributed by atoms with Crippen LogP contribution in [0.3, 0.4) is 0 Å². The lowest BCUT2D eigenvalue weighted by Crippen LogP contribution is -2.47. The molecule has 6 heteroatoms. The number of nitrogens with one attached hydrogen (secondary N) is 2. The van der Waals surface area contributed by atoms with Crippen LogP contribution in [0.25, 0.3) is 0 Å². The molecule has 0 spiro atoms. The lowest BCUT2D eigenvalue weighted by molar-refractivity contribution is -0.134. The number of hydrogen-bond donors (Lipinski definition) is 2. The van der Waals surface area contributed by atoms with Crippen LogP contribution in [0.4, 0.5) is 0 Å². The van der Waals surface area contributed by atoms with Gasteiger partial charge in [0.1, 0.15) is 6.04 Å². The zero-order valence-corrected chi connectivity index (χ0v) is 15.3. The number of rotatable bonds is 3. The van der Waals surface area contributed by atoms with Gasteiger partial charge in [-0.3, -0.25) is 4.79 Å². The average Bonchev–Trinajstić information content (AvgIpc) is 3.10. The third kappa shape index (κ3) is 3.60. The molecule has 0 bridgehead atoms. The Morgan fingerprint density at radius 3 is 2.96 bits per heavy atom. The molecule has 0 saturated carbocycles. The number of nitrogens with zero attached hydrogens (tertiary/aromatic N) is 2. The van der Waals surface area contributed by atoms with Crippen LogP contribution in [0.5, 0.6) is 0 Å². The van der Waals surface area contributed by atoms with E-state index in [-0.39, 0.29) is 11.9 Å². The Hall–Kier alpha value is -1.79. The monoisotopic (exact) mass is 356 g/mol. The highest BCUT2D eigenvalue weighted by molar-refractivity contribution is 8.00. The number of piperidine rings is 1. The van der Waals surface area contributed by atoms with Crippen molar-refractivity contribution in [2.24, 2.45) is 0 Å². The van der Waals surface area contributed by atoms with E-state index >= 15 is 0 Å². The topological polar surface area (TPSA) is 61.0 Å². The number of fused-ring (bicyclic) bond motifs is 1. The maximum absolute atomic E-state index is 12.9. The van der Waals surface area contributed by atoms with Gasteiger partial charge < -0.3 is 15.2 Å². The first kappa shape index (κ1) is 16.7. The fraction of sp³-hybridized carbons (Fsp3) is 0.474. The van der Waals surface area contributed by atoms with E-state index in [0.717, 1.165) is 50.3 Å². The number of likely N-dealkylation sites (tertiary alicyclic amines) is 1. The lowest BCUT2D eigenvalue weighted by Gasteiger charge is -2.35. The molecule has 1 aromatic carbocycles. The summed E-state index contributed by atoms with van der Waals surface area (Å²) in [6.07, 6.45) is 4.70. The number of benzene rings is 1. The Morgan fingerprint density at radius 1 is 1.32 bits per heavy atom. The fourth-order valence-corrected chi connectivity index (χ4v) is 4.92. The van der Waals surface area contributed by atoms with Gasteiger partial charge in [0.2, 0.25) is 5.91 Å². The predicted molar refractivity (Wildman–Crippen MR) is 99.7 cm³/mol. The van der Waals surface area contributed by atoms with E-state index in [2.05, 4.69) is 46.5 Å². The van der Waals surface area contributed by atoms with Crippen LogP contribution in [0, 0.1) is 6.92 Å². The van der Waals surface area contributed by atoms with Crippen molar-refractivity contribution in [2.75, 3.05) is 19.6 Å². The summed E-state index contributed by atoms with van der Waals surface area (Å²) in [7, 11) is 0. The molecule has 1 atom stereocenters. The van der Waals surface area contributed by atoms with Crippen molar-refractivity contribution < 1.29 is 4.79 Å². The molecule has 0 unspecified atom stereocenters. The van der Waals surface area contributed by atoms with Gasteiger partial charge in [-0.1, -0.05) is 17.7 Å². The molecular formula is C19H24N4OS. The minimum Gasteiger partial charge on any atom is -0.348 e. The summed E-state index contributed by atoms with van der Waals surface area (Å²) < 4.78 is 0. The summed E-state index contributed by atoms with van der Waals surface area (Å²) in [6.45, 7) is 4.62. The highest BCUT2D eigenvalue weighted by Gasteiger charge is 2.33. The highest BCUT2D eigenvalue weighted by atomic mass is 32.2. The van der Waals surface area contributed by atoms with Crippen molar-refractivity contribution in [1.29, 1.82) is 0 Å². The average molecular weight is 356 g/mol. The normalized spacial score (nSPS) is 21.2. The molecule has 1 saturated heterocycles. The van der Waals surface area contributed by atoms with Crippen molar-refractivity contribution in [3.63, 3.8) is 0 Å². The lowest BCUT2D eigenvalue weighted by atomic mass is 10.0. The molecule has 25 heavy (non-hydrogen) atoms. The molecule has 1 amide bonds. The van der Waals surface area contributed by atoms with Crippen molar-refractivity contribution in [2.45, 2.75) is 42.4 Å². The quantitative estimate of drug-likeness (QED) is 0.888. The van der Waals surface area contributed by atoms with Gasteiger partial charge in [0, 0.05) is 41.9 Å². The molecule has 2 aliphatic rings. The highest BCUT2D eigenvalue weighted by Crippen LogP contribution is 2.32. The van der Waals surface area contributed by atoms with E-state index in [1.807, 2.05) is 16.7 Å². The summed E-state index contributed by atoms with van der Waals surface area (Å²) in [5.41, 5.74) is 3.28. The van der Waals surface area contributed by atoms with Crippen LogP contribution >= 0.6 is 11.8 Å². The maximum Gasteiger partial charge on any atom is 0.246 e. The number of carbonyl (C=O) groups is 1. The largest absolute Gasteiger partial charge is 0.348 e. The zero-order chi connectivity index (χ0) is 17.2. The molecule has 2 aliphatic heterocycles. The fourth-order valence-electron chi connectivity index (χ4n) is 3.68. The molecule has 5 nitrogen and oxygen atoms in total. The molecule has 2 aromatic rings. The maximum atomic E-state index is 12.9. The molecule has 132 valence electrons. The van der Waals surface area contributed by atoms with Gasteiger partial charge in [0.25, 0.3) is 0 Å². The van der Waals surface area contributed by atoms with Gasteiger partial charge in [-0.05, 0) is 31.9 Å². The number of amides is 1. The number of aromatic nitrogens is 2. The molecule has 2 N–H and O–H groups in total. The van der Waals surface area contributed by atoms with Gasteiger partial charge >= 0.3 is 0 Å².